The van der Waals surface area contributed by atoms with Gasteiger partial charge in [-0.05, 0) is 39.0 Å². The van der Waals surface area contributed by atoms with Crippen molar-refractivity contribution in [2.24, 2.45) is 0 Å². The van der Waals surface area contributed by atoms with E-state index in [9.17, 15) is 18.0 Å². The lowest BCUT2D eigenvalue weighted by atomic mass is 10.2. The number of benzene rings is 1. The Morgan fingerprint density at radius 2 is 1.84 bits per heavy atom. The Labute approximate surface area is 188 Å². The van der Waals surface area contributed by atoms with E-state index in [1.165, 1.54) is 10.4 Å². The van der Waals surface area contributed by atoms with Crippen molar-refractivity contribution in [3.8, 4) is 0 Å². The molecule has 1 amide bonds. The van der Waals surface area contributed by atoms with Crippen LogP contribution in [0.25, 0.3) is 0 Å². The molecule has 0 aliphatic carbocycles. The van der Waals surface area contributed by atoms with E-state index in [1.807, 2.05) is 18.7 Å². The van der Waals surface area contributed by atoms with E-state index in [2.05, 4.69) is 5.32 Å². The first-order valence-electron chi connectivity index (χ1n) is 10.3. The smallest absolute Gasteiger partial charge is 0.315 e. The maximum atomic E-state index is 13.0. The van der Waals surface area contributed by atoms with Gasteiger partial charge in [0.05, 0.1) is 47.6 Å². The molecular formula is C20H31N3O6S2. The Balaban J connectivity index is 2.22. The van der Waals surface area contributed by atoms with Gasteiger partial charge in [-0.25, -0.2) is 8.42 Å². The molecule has 0 unspecified atom stereocenters. The average molecular weight is 474 g/mol. The molecule has 1 N–H and O–H groups in total. The van der Waals surface area contributed by atoms with E-state index in [0.29, 0.717) is 51.7 Å². The maximum Gasteiger partial charge on any atom is 0.315 e. The van der Waals surface area contributed by atoms with Gasteiger partial charge >= 0.3 is 5.97 Å². The summed E-state index contributed by atoms with van der Waals surface area (Å²) in [5.74, 6) is -0.557. The lowest BCUT2D eigenvalue weighted by Crippen LogP contribution is -2.40. The molecule has 0 atom stereocenters. The summed E-state index contributed by atoms with van der Waals surface area (Å²) >= 11 is 1.15. The van der Waals surface area contributed by atoms with Crippen molar-refractivity contribution >= 4 is 45.0 Å². The van der Waals surface area contributed by atoms with Crippen LogP contribution < -0.4 is 10.2 Å². The number of carbonyl (C=O) groups is 2. The molecule has 9 nitrogen and oxygen atoms in total. The number of amides is 1. The molecule has 1 fully saturated rings. The van der Waals surface area contributed by atoms with E-state index in [4.69, 9.17) is 9.47 Å². The van der Waals surface area contributed by atoms with Gasteiger partial charge in [0.2, 0.25) is 15.9 Å². The molecule has 0 bridgehead atoms. The fourth-order valence-electron chi connectivity index (χ4n) is 3.17. The van der Waals surface area contributed by atoms with Crippen molar-refractivity contribution in [3.05, 3.63) is 18.2 Å². The van der Waals surface area contributed by atoms with Crippen LogP contribution in [-0.2, 0) is 29.1 Å². The molecule has 0 spiro atoms. The van der Waals surface area contributed by atoms with Gasteiger partial charge in [-0.2, -0.15) is 4.31 Å². The van der Waals surface area contributed by atoms with E-state index in [1.54, 1.807) is 19.1 Å². The molecule has 11 heteroatoms. The van der Waals surface area contributed by atoms with Crippen LogP contribution in [0.5, 0.6) is 0 Å². The van der Waals surface area contributed by atoms with Crippen LogP contribution in [0, 0.1) is 0 Å². The second kappa shape index (κ2) is 12.3. The molecule has 0 aromatic heterocycles. The average Bonchev–Trinajstić information content (AvgIpc) is 2.76. The minimum absolute atomic E-state index is 0.0525. The molecule has 1 aromatic rings. The summed E-state index contributed by atoms with van der Waals surface area (Å²) in [6.07, 6.45) is 0. The minimum atomic E-state index is -3.69. The van der Waals surface area contributed by atoms with Crippen molar-refractivity contribution in [2.75, 3.05) is 67.7 Å². The van der Waals surface area contributed by atoms with Crippen molar-refractivity contribution in [3.63, 3.8) is 0 Å². The Morgan fingerprint density at radius 3 is 2.45 bits per heavy atom. The topological polar surface area (TPSA) is 105 Å². The molecule has 2 rings (SSSR count). The molecule has 1 saturated heterocycles. The molecule has 0 radical (unpaired) electrons. The summed E-state index contributed by atoms with van der Waals surface area (Å²) in [6.45, 7) is 8.71. The number of esters is 1. The zero-order valence-electron chi connectivity index (χ0n) is 18.3. The second-order valence-corrected chi connectivity index (χ2v) is 9.64. The third-order valence-corrected chi connectivity index (χ3v) is 7.51. The maximum absolute atomic E-state index is 13.0. The highest BCUT2D eigenvalue weighted by molar-refractivity contribution is 8.00. The Bertz CT molecular complexity index is 852. The number of morpholine rings is 1. The number of carbonyl (C=O) groups excluding carboxylic acids is 2. The highest BCUT2D eigenvalue weighted by Gasteiger charge is 2.27. The summed E-state index contributed by atoms with van der Waals surface area (Å²) in [4.78, 5) is 26.1. The molecular weight excluding hydrogens is 442 g/mol. The standard InChI is InChI=1S/C20H31N3O6S2/c1-4-22(5-2)18-8-7-16(31(26,27)23-9-11-28-12-10-23)13-17(18)21-19(24)14-30-15-20(25)29-6-3/h7-8,13H,4-6,9-12,14-15H2,1-3H3,(H,21,24). The first-order chi connectivity index (χ1) is 14.8. The number of nitrogens with one attached hydrogen (secondary N) is 1. The van der Waals surface area contributed by atoms with Crippen molar-refractivity contribution < 1.29 is 27.5 Å². The second-order valence-electron chi connectivity index (χ2n) is 6.71. The monoisotopic (exact) mass is 473 g/mol. The lowest BCUT2D eigenvalue weighted by Gasteiger charge is -2.28. The van der Waals surface area contributed by atoms with Gasteiger partial charge in [-0.3, -0.25) is 9.59 Å². The lowest BCUT2D eigenvalue weighted by molar-refractivity contribution is -0.139. The van der Waals surface area contributed by atoms with Crippen molar-refractivity contribution in [1.82, 2.24) is 4.31 Å². The van der Waals surface area contributed by atoms with E-state index >= 15 is 0 Å². The molecule has 174 valence electrons. The normalized spacial score (nSPS) is 14.8. The number of sulfonamides is 1. The predicted octanol–water partition coefficient (Wildman–Crippen LogP) is 1.79. The summed E-state index contributed by atoms with van der Waals surface area (Å²) in [5.41, 5.74) is 1.18. The third-order valence-electron chi connectivity index (χ3n) is 4.71. The van der Waals surface area contributed by atoms with E-state index in [0.717, 1.165) is 17.4 Å². The largest absolute Gasteiger partial charge is 0.465 e. The van der Waals surface area contributed by atoms with Crippen LogP contribution >= 0.6 is 11.8 Å². The molecule has 1 heterocycles. The number of nitrogens with zero attached hydrogens (tertiary/aromatic N) is 2. The zero-order chi connectivity index (χ0) is 22.9. The van der Waals surface area contributed by atoms with E-state index in [-0.39, 0.29) is 28.3 Å². The first-order valence-corrected chi connectivity index (χ1v) is 12.9. The SMILES string of the molecule is CCOC(=O)CSCC(=O)Nc1cc(S(=O)(=O)N2CCOCC2)ccc1N(CC)CC. The molecule has 1 aliphatic heterocycles. The van der Waals surface area contributed by atoms with Gasteiger partial charge in [-0.15, -0.1) is 11.8 Å². The van der Waals surface area contributed by atoms with Gasteiger partial charge in [-0.1, -0.05) is 0 Å². The number of anilines is 2. The summed E-state index contributed by atoms with van der Waals surface area (Å²) in [5, 5.41) is 2.82. The summed E-state index contributed by atoms with van der Waals surface area (Å²) in [6, 6.07) is 4.80. The quantitative estimate of drug-likeness (QED) is 0.485. The van der Waals surface area contributed by atoms with Crippen LogP contribution in [0.3, 0.4) is 0 Å². The van der Waals surface area contributed by atoms with Gasteiger partial charge in [0, 0.05) is 26.2 Å². The number of hydrogen-bond donors (Lipinski definition) is 1. The van der Waals surface area contributed by atoms with Gasteiger partial charge in [0.15, 0.2) is 0 Å². The molecule has 31 heavy (non-hydrogen) atoms. The Kier molecular flexibility index (Phi) is 10.1. The number of ether oxygens (including phenoxy) is 2. The van der Waals surface area contributed by atoms with Crippen molar-refractivity contribution in [2.45, 2.75) is 25.7 Å². The number of rotatable bonds is 11. The minimum Gasteiger partial charge on any atom is -0.465 e. The highest BCUT2D eigenvalue weighted by Crippen LogP contribution is 2.30. The summed E-state index contributed by atoms with van der Waals surface area (Å²) in [7, 11) is -3.69. The Morgan fingerprint density at radius 1 is 1.16 bits per heavy atom. The van der Waals surface area contributed by atoms with Crippen LogP contribution in [0.1, 0.15) is 20.8 Å². The predicted molar refractivity (Wildman–Crippen MR) is 122 cm³/mol. The van der Waals surface area contributed by atoms with Gasteiger partial charge in [0.1, 0.15) is 0 Å². The highest BCUT2D eigenvalue weighted by atomic mass is 32.2. The fourth-order valence-corrected chi connectivity index (χ4v) is 5.21. The van der Waals surface area contributed by atoms with E-state index < -0.39 is 10.0 Å². The van der Waals surface area contributed by atoms with Crippen LogP contribution in [0.15, 0.2) is 23.1 Å². The first kappa shape index (κ1) is 25.4. The number of hydrogen-bond acceptors (Lipinski definition) is 8. The zero-order valence-corrected chi connectivity index (χ0v) is 19.9. The van der Waals surface area contributed by atoms with Crippen LogP contribution in [-0.4, -0.2) is 82.1 Å². The molecule has 0 saturated carbocycles. The molecule has 1 aromatic carbocycles. The van der Waals surface area contributed by atoms with Crippen molar-refractivity contribution in [1.29, 1.82) is 0 Å². The van der Waals surface area contributed by atoms with Gasteiger partial charge < -0.3 is 19.7 Å². The number of thioether (sulfide) groups is 1. The fraction of sp³-hybridized carbons (Fsp3) is 0.600. The Hall–Kier alpha value is -1.82. The third kappa shape index (κ3) is 7.09. The van der Waals surface area contributed by atoms with Crippen LogP contribution in [0.4, 0.5) is 11.4 Å². The van der Waals surface area contributed by atoms with Crippen LogP contribution in [0.2, 0.25) is 0 Å². The van der Waals surface area contributed by atoms with Gasteiger partial charge in [0.25, 0.3) is 0 Å². The summed E-state index contributed by atoms with van der Waals surface area (Å²) < 4.78 is 37.6. The molecule has 1 aliphatic rings.